The molecule has 0 unspecified atom stereocenters. The summed E-state index contributed by atoms with van der Waals surface area (Å²) in [5.41, 5.74) is 7.43. The van der Waals surface area contributed by atoms with Crippen molar-refractivity contribution in [3.63, 3.8) is 0 Å². The first-order chi connectivity index (χ1) is 12.4. The molecule has 0 aliphatic carbocycles. The Labute approximate surface area is 163 Å². The highest BCUT2D eigenvalue weighted by molar-refractivity contribution is 9.10. The number of aromatic nitrogens is 1. The van der Waals surface area contributed by atoms with E-state index in [2.05, 4.69) is 114 Å². The number of hydrogen-bond acceptors (Lipinski definition) is 0. The molecule has 0 amide bonds. The Morgan fingerprint density at radius 3 is 1.92 bits per heavy atom. The van der Waals surface area contributed by atoms with Crippen LogP contribution in [-0.2, 0) is 5.41 Å². The summed E-state index contributed by atoms with van der Waals surface area (Å²) in [6, 6.07) is 25.8. The minimum absolute atomic E-state index is 0.0921. The summed E-state index contributed by atoms with van der Waals surface area (Å²) in [6.07, 6.45) is 0. The van der Waals surface area contributed by atoms with Crippen molar-refractivity contribution in [1.82, 2.24) is 4.98 Å². The van der Waals surface area contributed by atoms with E-state index in [0.29, 0.717) is 0 Å². The van der Waals surface area contributed by atoms with Crippen LogP contribution in [0.15, 0.2) is 77.3 Å². The Morgan fingerprint density at radius 2 is 1.35 bits per heavy atom. The zero-order chi connectivity index (χ0) is 18.3. The number of hydrogen-bond donors (Lipinski definition) is 1. The first kappa shape index (κ1) is 17.1. The summed E-state index contributed by atoms with van der Waals surface area (Å²) < 4.78 is 1.11. The molecule has 4 rings (SSSR count). The Bertz CT molecular complexity index is 1050. The molecule has 1 aromatic heterocycles. The molecular weight excluding hydrogens is 382 g/mol. The summed E-state index contributed by atoms with van der Waals surface area (Å²) in [7, 11) is 0. The number of benzene rings is 3. The summed E-state index contributed by atoms with van der Waals surface area (Å²) >= 11 is 3.80. The first-order valence-electron chi connectivity index (χ1n) is 8.92. The van der Waals surface area contributed by atoms with Gasteiger partial charge in [0.25, 0.3) is 0 Å². The van der Waals surface area contributed by atoms with Crippen molar-refractivity contribution >= 4 is 26.8 Å². The maximum atomic E-state index is 3.80. The second-order valence-electron chi connectivity index (χ2n) is 7.74. The van der Waals surface area contributed by atoms with Crippen LogP contribution in [0, 0.1) is 0 Å². The van der Waals surface area contributed by atoms with Crippen LogP contribution in [0.25, 0.3) is 33.3 Å². The Morgan fingerprint density at radius 1 is 0.769 bits per heavy atom. The molecule has 0 radical (unpaired) electrons. The smallest absolute Gasteiger partial charge is 0.0609 e. The number of rotatable bonds is 2. The predicted octanol–water partition coefficient (Wildman–Crippen LogP) is 7.56. The number of nitrogens with one attached hydrogen (secondary N) is 1. The Kier molecular flexibility index (Phi) is 4.24. The van der Waals surface area contributed by atoms with Gasteiger partial charge in [-0.25, -0.2) is 0 Å². The second-order valence-corrected chi connectivity index (χ2v) is 8.59. The summed E-state index contributed by atoms with van der Waals surface area (Å²) in [5.74, 6) is 0. The number of H-pyrrole nitrogens is 1. The average Bonchev–Trinajstić information content (AvgIpc) is 3.02. The van der Waals surface area contributed by atoms with Gasteiger partial charge >= 0.3 is 0 Å². The van der Waals surface area contributed by atoms with Gasteiger partial charge in [-0.1, -0.05) is 81.4 Å². The highest BCUT2D eigenvalue weighted by Crippen LogP contribution is 2.42. The zero-order valence-corrected chi connectivity index (χ0v) is 16.9. The quantitative estimate of drug-likeness (QED) is 0.355. The van der Waals surface area contributed by atoms with E-state index in [-0.39, 0.29) is 5.41 Å². The van der Waals surface area contributed by atoms with Gasteiger partial charge in [0.15, 0.2) is 0 Å². The third-order valence-electron chi connectivity index (χ3n) is 4.85. The third-order valence-corrected chi connectivity index (χ3v) is 5.48. The molecule has 2 heteroatoms. The van der Waals surface area contributed by atoms with Crippen LogP contribution in [-0.4, -0.2) is 4.98 Å². The van der Waals surface area contributed by atoms with Crippen LogP contribution in [0.5, 0.6) is 0 Å². The van der Waals surface area contributed by atoms with Crippen LogP contribution in [0.3, 0.4) is 0 Å². The summed E-state index contributed by atoms with van der Waals surface area (Å²) in [6.45, 7) is 6.77. The van der Waals surface area contributed by atoms with Gasteiger partial charge in [-0.2, -0.15) is 0 Å². The lowest BCUT2D eigenvalue weighted by atomic mass is 9.85. The van der Waals surface area contributed by atoms with Gasteiger partial charge in [0.1, 0.15) is 0 Å². The van der Waals surface area contributed by atoms with Crippen molar-refractivity contribution in [2.45, 2.75) is 26.2 Å². The largest absolute Gasteiger partial charge is 0.353 e. The van der Waals surface area contributed by atoms with Gasteiger partial charge in [0, 0.05) is 15.4 Å². The fourth-order valence-corrected chi connectivity index (χ4v) is 3.97. The van der Waals surface area contributed by atoms with Gasteiger partial charge in [0.2, 0.25) is 0 Å². The van der Waals surface area contributed by atoms with Crippen LogP contribution >= 0.6 is 15.9 Å². The normalized spacial score (nSPS) is 11.8. The number of fused-ring (bicyclic) bond motifs is 1. The van der Waals surface area contributed by atoms with E-state index in [1.165, 1.54) is 33.3 Å². The van der Waals surface area contributed by atoms with Crippen LogP contribution < -0.4 is 0 Å². The summed E-state index contributed by atoms with van der Waals surface area (Å²) in [5, 5.41) is 1.26. The van der Waals surface area contributed by atoms with E-state index in [9.17, 15) is 0 Å². The van der Waals surface area contributed by atoms with Gasteiger partial charge < -0.3 is 4.98 Å². The number of aromatic amines is 1. The monoisotopic (exact) mass is 403 g/mol. The maximum absolute atomic E-state index is 3.80. The number of halogens is 1. The molecule has 130 valence electrons. The van der Waals surface area contributed by atoms with Gasteiger partial charge in [0.05, 0.1) is 11.2 Å². The van der Waals surface area contributed by atoms with E-state index in [4.69, 9.17) is 0 Å². The molecule has 0 aliphatic rings. The SMILES string of the molecule is CC(C)(C)c1cc(Br)c2[nH]c(-c3ccccc3)c(-c3ccccc3)c2c1. The van der Waals surface area contributed by atoms with E-state index in [1.54, 1.807) is 0 Å². The molecule has 0 aliphatic heterocycles. The molecule has 0 atom stereocenters. The first-order valence-corrected chi connectivity index (χ1v) is 9.71. The van der Waals surface area contributed by atoms with Gasteiger partial charge in [-0.3, -0.25) is 0 Å². The Hall–Kier alpha value is -2.32. The lowest BCUT2D eigenvalue weighted by Gasteiger charge is -2.20. The molecular formula is C24H22BrN. The van der Waals surface area contributed by atoms with Crippen molar-refractivity contribution in [2.24, 2.45) is 0 Å². The lowest BCUT2D eigenvalue weighted by Crippen LogP contribution is -2.10. The van der Waals surface area contributed by atoms with E-state index in [1.807, 2.05) is 0 Å². The minimum atomic E-state index is 0.0921. The molecule has 0 saturated carbocycles. The molecule has 1 N–H and O–H groups in total. The van der Waals surface area contributed by atoms with Gasteiger partial charge in [-0.15, -0.1) is 0 Å². The molecule has 0 bridgehead atoms. The molecule has 0 spiro atoms. The maximum Gasteiger partial charge on any atom is 0.0609 e. The van der Waals surface area contributed by atoms with Crippen molar-refractivity contribution in [2.75, 3.05) is 0 Å². The van der Waals surface area contributed by atoms with E-state index < -0.39 is 0 Å². The minimum Gasteiger partial charge on any atom is -0.353 e. The Balaban J connectivity index is 2.10. The molecule has 4 aromatic rings. The summed E-state index contributed by atoms with van der Waals surface area (Å²) in [4.78, 5) is 3.68. The van der Waals surface area contributed by atoms with E-state index in [0.717, 1.165) is 9.99 Å². The van der Waals surface area contributed by atoms with Crippen molar-refractivity contribution < 1.29 is 0 Å². The van der Waals surface area contributed by atoms with Gasteiger partial charge in [-0.05, 0) is 50.2 Å². The van der Waals surface area contributed by atoms with Crippen LogP contribution in [0.4, 0.5) is 0 Å². The second kappa shape index (κ2) is 6.44. The fraction of sp³-hybridized carbons (Fsp3) is 0.167. The molecule has 0 saturated heterocycles. The zero-order valence-electron chi connectivity index (χ0n) is 15.3. The molecule has 26 heavy (non-hydrogen) atoms. The van der Waals surface area contributed by atoms with Crippen molar-refractivity contribution in [1.29, 1.82) is 0 Å². The standard InChI is InChI=1S/C24H22BrN/c1-24(2,3)18-14-19-21(16-10-6-4-7-11-16)22(17-12-8-5-9-13-17)26-23(19)20(25)15-18/h4-15,26H,1-3H3. The van der Waals surface area contributed by atoms with E-state index >= 15 is 0 Å². The topological polar surface area (TPSA) is 15.8 Å². The molecule has 1 heterocycles. The highest BCUT2D eigenvalue weighted by Gasteiger charge is 2.21. The van der Waals surface area contributed by atoms with Crippen LogP contribution in [0.2, 0.25) is 0 Å². The lowest BCUT2D eigenvalue weighted by molar-refractivity contribution is 0.591. The molecule has 1 nitrogen and oxygen atoms in total. The van der Waals surface area contributed by atoms with Crippen molar-refractivity contribution in [3.05, 3.63) is 82.8 Å². The molecule has 3 aromatic carbocycles. The van der Waals surface area contributed by atoms with Crippen LogP contribution in [0.1, 0.15) is 26.3 Å². The molecule has 0 fully saturated rings. The third kappa shape index (κ3) is 2.99. The predicted molar refractivity (Wildman–Crippen MR) is 116 cm³/mol. The average molecular weight is 404 g/mol. The van der Waals surface area contributed by atoms with Crippen molar-refractivity contribution in [3.8, 4) is 22.4 Å². The highest BCUT2D eigenvalue weighted by atomic mass is 79.9. The fourth-order valence-electron chi connectivity index (χ4n) is 3.41.